The van der Waals surface area contributed by atoms with Gasteiger partial charge in [0.25, 0.3) is 0 Å². The molecule has 3 rings (SSSR count). The Hall–Kier alpha value is -2.13. The highest BCUT2D eigenvalue weighted by Gasteiger charge is 2.21. The maximum absolute atomic E-state index is 12.5. The van der Waals surface area contributed by atoms with Gasteiger partial charge in [-0.05, 0) is 43.0 Å². The lowest BCUT2D eigenvalue weighted by atomic mass is 10.0. The van der Waals surface area contributed by atoms with Crippen LogP contribution in [0, 0.1) is 0 Å². The maximum atomic E-state index is 12.5. The standard InChI is InChI=1S/C20H24N2O/c23-20(13-15-21-14-12-17-7-2-1-3-8-17)22-16-6-10-18-9-4-5-11-19(18)22/h1-5,7-9,11,21H,6,10,12-16H2. The van der Waals surface area contributed by atoms with Gasteiger partial charge in [-0.1, -0.05) is 48.5 Å². The molecule has 2 aromatic carbocycles. The molecular formula is C20H24N2O. The number of fused-ring (bicyclic) bond motifs is 1. The van der Waals surface area contributed by atoms with Crippen molar-refractivity contribution < 1.29 is 4.79 Å². The summed E-state index contributed by atoms with van der Waals surface area (Å²) >= 11 is 0. The first-order valence-corrected chi connectivity index (χ1v) is 8.47. The van der Waals surface area contributed by atoms with E-state index in [9.17, 15) is 4.79 Å². The van der Waals surface area contributed by atoms with Gasteiger partial charge in [0, 0.05) is 25.2 Å². The molecular weight excluding hydrogens is 284 g/mol. The average molecular weight is 308 g/mol. The van der Waals surface area contributed by atoms with Gasteiger partial charge in [0.05, 0.1) is 0 Å². The Bertz CT molecular complexity index is 639. The maximum Gasteiger partial charge on any atom is 0.228 e. The minimum Gasteiger partial charge on any atom is -0.316 e. The molecule has 0 aromatic heterocycles. The van der Waals surface area contributed by atoms with E-state index >= 15 is 0 Å². The Labute approximate surface area is 138 Å². The molecule has 1 heterocycles. The molecule has 1 aliphatic heterocycles. The van der Waals surface area contributed by atoms with Gasteiger partial charge < -0.3 is 10.2 Å². The second-order valence-corrected chi connectivity index (χ2v) is 6.01. The molecule has 0 saturated carbocycles. The number of anilines is 1. The molecule has 2 aromatic rings. The third kappa shape index (κ3) is 4.20. The second-order valence-electron chi connectivity index (χ2n) is 6.01. The lowest BCUT2D eigenvalue weighted by Gasteiger charge is -2.29. The van der Waals surface area contributed by atoms with Crippen LogP contribution in [0.2, 0.25) is 0 Å². The fourth-order valence-corrected chi connectivity index (χ4v) is 3.13. The van der Waals surface area contributed by atoms with Crippen LogP contribution in [0.1, 0.15) is 24.0 Å². The van der Waals surface area contributed by atoms with Crippen molar-refractivity contribution in [2.24, 2.45) is 0 Å². The fraction of sp³-hybridized carbons (Fsp3) is 0.350. The number of hydrogen-bond acceptors (Lipinski definition) is 2. The van der Waals surface area contributed by atoms with E-state index in [1.807, 2.05) is 17.0 Å². The Morgan fingerprint density at radius 2 is 1.78 bits per heavy atom. The van der Waals surface area contributed by atoms with Crippen LogP contribution >= 0.6 is 0 Å². The van der Waals surface area contributed by atoms with Crippen molar-refractivity contribution in [2.45, 2.75) is 25.7 Å². The Morgan fingerprint density at radius 3 is 2.65 bits per heavy atom. The number of benzene rings is 2. The van der Waals surface area contributed by atoms with Crippen LogP contribution < -0.4 is 10.2 Å². The van der Waals surface area contributed by atoms with Crippen LogP contribution in [-0.2, 0) is 17.6 Å². The molecule has 0 radical (unpaired) electrons. The molecule has 3 nitrogen and oxygen atoms in total. The number of nitrogens with zero attached hydrogens (tertiary/aromatic N) is 1. The highest BCUT2D eigenvalue weighted by Crippen LogP contribution is 2.26. The first-order chi connectivity index (χ1) is 11.3. The predicted octanol–water partition coefficient (Wildman–Crippen LogP) is 3.19. The van der Waals surface area contributed by atoms with Crippen LogP contribution in [-0.4, -0.2) is 25.5 Å². The lowest BCUT2D eigenvalue weighted by molar-refractivity contribution is -0.118. The first-order valence-electron chi connectivity index (χ1n) is 8.47. The Morgan fingerprint density at radius 1 is 1.00 bits per heavy atom. The Balaban J connectivity index is 1.43. The van der Waals surface area contributed by atoms with Crippen molar-refractivity contribution in [1.82, 2.24) is 5.32 Å². The number of para-hydroxylation sites is 1. The molecule has 1 N–H and O–H groups in total. The van der Waals surface area contributed by atoms with E-state index in [0.717, 1.165) is 44.6 Å². The van der Waals surface area contributed by atoms with Gasteiger partial charge in [0.2, 0.25) is 5.91 Å². The van der Waals surface area contributed by atoms with Crippen molar-refractivity contribution in [3.63, 3.8) is 0 Å². The summed E-state index contributed by atoms with van der Waals surface area (Å²) in [6, 6.07) is 18.7. The Kier molecular flexibility index (Phi) is 5.43. The highest BCUT2D eigenvalue weighted by atomic mass is 16.2. The average Bonchev–Trinajstić information content (AvgIpc) is 2.61. The van der Waals surface area contributed by atoms with Gasteiger partial charge >= 0.3 is 0 Å². The van der Waals surface area contributed by atoms with Crippen molar-refractivity contribution in [3.05, 3.63) is 65.7 Å². The summed E-state index contributed by atoms with van der Waals surface area (Å²) in [7, 11) is 0. The van der Waals surface area contributed by atoms with Crippen LogP contribution in [0.15, 0.2) is 54.6 Å². The summed E-state index contributed by atoms with van der Waals surface area (Å²) in [5, 5.41) is 3.38. The van der Waals surface area contributed by atoms with Gasteiger partial charge in [-0.2, -0.15) is 0 Å². The van der Waals surface area contributed by atoms with E-state index in [2.05, 4.69) is 47.8 Å². The van der Waals surface area contributed by atoms with Gasteiger partial charge in [-0.15, -0.1) is 0 Å². The molecule has 0 fully saturated rings. The van der Waals surface area contributed by atoms with E-state index in [0.29, 0.717) is 6.42 Å². The zero-order valence-corrected chi connectivity index (χ0v) is 13.5. The number of rotatable bonds is 6. The van der Waals surface area contributed by atoms with E-state index < -0.39 is 0 Å². The molecule has 0 unspecified atom stereocenters. The molecule has 0 saturated heterocycles. The monoisotopic (exact) mass is 308 g/mol. The predicted molar refractivity (Wildman–Crippen MR) is 94.7 cm³/mol. The molecule has 120 valence electrons. The fourth-order valence-electron chi connectivity index (χ4n) is 3.13. The third-order valence-electron chi connectivity index (χ3n) is 4.36. The van der Waals surface area contributed by atoms with Crippen molar-refractivity contribution in [2.75, 3.05) is 24.5 Å². The highest BCUT2D eigenvalue weighted by molar-refractivity contribution is 5.94. The summed E-state index contributed by atoms with van der Waals surface area (Å²) in [6.07, 6.45) is 3.70. The number of carbonyl (C=O) groups excluding carboxylic acids is 1. The molecule has 0 aliphatic carbocycles. The van der Waals surface area contributed by atoms with Crippen LogP contribution in [0.25, 0.3) is 0 Å². The van der Waals surface area contributed by atoms with Crippen molar-refractivity contribution in [3.8, 4) is 0 Å². The summed E-state index contributed by atoms with van der Waals surface area (Å²) < 4.78 is 0. The summed E-state index contributed by atoms with van der Waals surface area (Å²) in [5.41, 5.74) is 3.73. The van der Waals surface area contributed by atoms with E-state index in [1.54, 1.807) is 0 Å². The molecule has 3 heteroatoms. The number of nitrogens with one attached hydrogen (secondary N) is 1. The minimum atomic E-state index is 0.226. The lowest BCUT2D eigenvalue weighted by Crippen LogP contribution is -2.37. The zero-order valence-electron chi connectivity index (χ0n) is 13.5. The number of amides is 1. The van der Waals surface area contributed by atoms with Gasteiger partial charge in [-0.25, -0.2) is 0 Å². The first kappa shape index (κ1) is 15.8. The summed E-state index contributed by atoms with van der Waals surface area (Å²) in [6.45, 7) is 2.50. The molecule has 1 amide bonds. The topological polar surface area (TPSA) is 32.3 Å². The minimum absolute atomic E-state index is 0.226. The zero-order chi connectivity index (χ0) is 15.9. The van der Waals surface area contributed by atoms with Gasteiger partial charge in [-0.3, -0.25) is 4.79 Å². The smallest absolute Gasteiger partial charge is 0.228 e. The van der Waals surface area contributed by atoms with E-state index in [1.165, 1.54) is 11.1 Å². The quantitative estimate of drug-likeness (QED) is 0.831. The van der Waals surface area contributed by atoms with Gasteiger partial charge in [0.15, 0.2) is 0 Å². The van der Waals surface area contributed by atoms with Crippen molar-refractivity contribution >= 4 is 11.6 Å². The normalized spacial score (nSPS) is 13.7. The molecule has 23 heavy (non-hydrogen) atoms. The molecule has 0 spiro atoms. The second kappa shape index (κ2) is 7.93. The summed E-state index contributed by atoms with van der Waals surface area (Å²) in [5.74, 6) is 0.226. The summed E-state index contributed by atoms with van der Waals surface area (Å²) in [4.78, 5) is 14.4. The van der Waals surface area contributed by atoms with Crippen LogP contribution in [0.4, 0.5) is 5.69 Å². The van der Waals surface area contributed by atoms with E-state index in [-0.39, 0.29) is 5.91 Å². The molecule has 0 atom stereocenters. The third-order valence-corrected chi connectivity index (χ3v) is 4.36. The number of hydrogen-bond donors (Lipinski definition) is 1. The number of carbonyl (C=O) groups is 1. The number of aryl methyl sites for hydroxylation is 1. The molecule has 0 bridgehead atoms. The van der Waals surface area contributed by atoms with Crippen LogP contribution in [0.3, 0.4) is 0 Å². The van der Waals surface area contributed by atoms with Crippen molar-refractivity contribution in [1.29, 1.82) is 0 Å². The SMILES string of the molecule is O=C(CCNCCc1ccccc1)N1CCCc2ccccc21. The largest absolute Gasteiger partial charge is 0.316 e. The molecule has 1 aliphatic rings. The van der Waals surface area contributed by atoms with Crippen LogP contribution in [0.5, 0.6) is 0 Å². The van der Waals surface area contributed by atoms with E-state index in [4.69, 9.17) is 0 Å². The van der Waals surface area contributed by atoms with Gasteiger partial charge in [0.1, 0.15) is 0 Å².